The van der Waals surface area contributed by atoms with Crippen LogP contribution in [0.15, 0.2) is 59.1 Å². The van der Waals surface area contributed by atoms with Crippen molar-refractivity contribution >= 4 is 5.91 Å². The molecule has 6 heteroatoms. The Morgan fingerprint density at radius 2 is 1.90 bits per heavy atom. The summed E-state index contributed by atoms with van der Waals surface area (Å²) in [6, 6.07) is 18.0. The summed E-state index contributed by atoms with van der Waals surface area (Å²) in [7, 11) is 0. The zero-order valence-corrected chi connectivity index (χ0v) is 16.9. The summed E-state index contributed by atoms with van der Waals surface area (Å²) in [5, 5.41) is 6.89. The highest BCUT2D eigenvalue weighted by Gasteiger charge is 2.11. The van der Waals surface area contributed by atoms with Gasteiger partial charge in [-0.3, -0.25) is 4.79 Å². The molecule has 0 spiro atoms. The fraction of sp³-hybridized carbons (Fsp3) is 0.348. The number of hydrogen-bond donors (Lipinski definition) is 1. The highest BCUT2D eigenvalue weighted by Crippen LogP contribution is 2.17. The third-order valence-electron chi connectivity index (χ3n) is 4.62. The Bertz CT molecular complexity index is 891. The largest absolute Gasteiger partial charge is 0.374 e. The van der Waals surface area contributed by atoms with Gasteiger partial charge >= 0.3 is 0 Å². The second-order valence-electron chi connectivity index (χ2n) is 7.00. The number of amides is 1. The monoisotopic (exact) mass is 393 g/mol. The molecular weight excluding hydrogens is 366 g/mol. The fourth-order valence-electron chi connectivity index (χ4n) is 2.87. The lowest BCUT2D eigenvalue weighted by molar-refractivity contribution is -0.121. The van der Waals surface area contributed by atoms with Crippen LogP contribution in [0.3, 0.4) is 0 Å². The van der Waals surface area contributed by atoms with Crippen molar-refractivity contribution in [3.05, 3.63) is 71.6 Å². The maximum absolute atomic E-state index is 12.0. The van der Waals surface area contributed by atoms with E-state index in [1.807, 2.05) is 68.4 Å². The standard InChI is InChI=1S/C23H27N3O3/c1-17-9-11-20(12-10-17)23-25-22(29-26-23)14-13-21(27)24-15-6-16-28-18(2)19-7-4-3-5-8-19/h3-5,7-12,18H,6,13-16H2,1-2H3,(H,24,27)/t18-/m1/s1. The molecule has 1 N–H and O–H groups in total. The van der Waals surface area contributed by atoms with Gasteiger partial charge in [-0.2, -0.15) is 4.98 Å². The summed E-state index contributed by atoms with van der Waals surface area (Å²) in [5.41, 5.74) is 3.23. The minimum atomic E-state index is -0.0313. The summed E-state index contributed by atoms with van der Waals surface area (Å²) >= 11 is 0. The van der Waals surface area contributed by atoms with Crippen LogP contribution in [0.5, 0.6) is 0 Å². The van der Waals surface area contributed by atoms with Gasteiger partial charge in [0.25, 0.3) is 0 Å². The summed E-state index contributed by atoms with van der Waals surface area (Å²) in [4.78, 5) is 16.4. The van der Waals surface area contributed by atoms with Crippen molar-refractivity contribution in [1.29, 1.82) is 0 Å². The maximum atomic E-state index is 12.0. The Hall–Kier alpha value is -2.99. The molecule has 0 unspecified atom stereocenters. The van der Waals surface area contributed by atoms with E-state index in [0.717, 1.165) is 17.5 Å². The second kappa shape index (κ2) is 10.5. The number of carbonyl (C=O) groups is 1. The van der Waals surface area contributed by atoms with E-state index < -0.39 is 0 Å². The van der Waals surface area contributed by atoms with Gasteiger partial charge in [-0.1, -0.05) is 65.3 Å². The van der Waals surface area contributed by atoms with Crippen molar-refractivity contribution in [2.75, 3.05) is 13.2 Å². The number of ether oxygens (including phenoxy) is 1. The molecule has 1 aromatic heterocycles. The van der Waals surface area contributed by atoms with Crippen LogP contribution in [0.25, 0.3) is 11.4 Å². The van der Waals surface area contributed by atoms with Crippen LogP contribution < -0.4 is 5.32 Å². The minimum Gasteiger partial charge on any atom is -0.374 e. The van der Waals surface area contributed by atoms with Gasteiger partial charge in [0, 0.05) is 31.6 Å². The van der Waals surface area contributed by atoms with E-state index in [9.17, 15) is 4.79 Å². The molecule has 6 nitrogen and oxygen atoms in total. The van der Waals surface area contributed by atoms with Crippen LogP contribution in [0.2, 0.25) is 0 Å². The molecule has 1 amide bonds. The van der Waals surface area contributed by atoms with Gasteiger partial charge < -0.3 is 14.6 Å². The van der Waals surface area contributed by atoms with Gasteiger partial charge in [0.1, 0.15) is 0 Å². The van der Waals surface area contributed by atoms with E-state index >= 15 is 0 Å². The molecule has 0 bridgehead atoms. The number of nitrogens with one attached hydrogen (secondary N) is 1. The lowest BCUT2D eigenvalue weighted by Gasteiger charge is -2.13. The number of nitrogens with zero attached hydrogens (tertiary/aromatic N) is 2. The van der Waals surface area contributed by atoms with Gasteiger partial charge in [-0.15, -0.1) is 0 Å². The Morgan fingerprint density at radius 1 is 1.14 bits per heavy atom. The Labute approximate surface area is 171 Å². The highest BCUT2D eigenvalue weighted by molar-refractivity contribution is 5.75. The lowest BCUT2D eigenvalue weighted by Crippen LogP contribution is -2.25. The van der Waals surface area contributed by atoms with Crippen LogP contribution in [0.1, 0.15) is 42.9 Å². The molecule has 0 aliphatic rings. The molecule has 1 atom stereocenters. The molecule has 0 radical (unpaired) electrons. The first-order chi connectivity index (χ1) is 14.1. The predicted molar refractivity (Wildman–Crippen MR) is 111 cm³/mol. The second-order valence-corrected chi connectivity index (χ2v) is 7.00. The lowest BCUT2D eigenvalue weighted by atomic mass is 10.1. The number of hydrogen-bond acceptors (Lipinski definition) is 5. The SMILES string of the molecule is Cc1ccc(-c2noc(CCC(=O)NCCCO[C@H](C)c3ccccc3)n2)cc1. The molecule has 0 saturated carbocycles. The molecule has 1 heterocycles. The normalized spacial score (nSPS) is 11.9. The van der Waals surface area contributed by atoms with E-state index in [1.54, 1.807) is 0 Å². The maximum Gasteiger partial charge on any atom is 0.227 e. The molecule has 3 aromatic rings. The highest BCUT2D eigenvalue weighted by atomic mass is 16.5. The molecule has 0 fully saturated rings. The third-order valence-corrected chi connectivity index (χ3v) is 4.62. The number of carbonyl (C=O) groups excluding carboxylic acids is 1. The third kappa shape index (κ3) is 6.54. The molecule has 152 valence electrons. The minimum absolute atomic E-state index is 0.0313. The topological polar surface area (TPSA) is 77.2 Å². The van der Waals surface area contributed by atoms with Crippen LogP contribution >= 0.6 is 0 Å². The van der Waals surface area contributed by atoms with E-state index in [2.05, 4.69) is 15.5 Å². The fourth-order valence-corrected chi connectivity index (χ4v) is 2.87. The average molecular weight is 393 g/mol. The van der Waals surface area contributed by atoms with Crippen molar-refractivity contribution in [1.82, 2.24) is 15.5 Å². The zero-order chi connectivity index (χ0) is 20.5. The molecule has 0 aliphatic heterocycles. The summed E-state index contributed by atoms with van der Waals surface area (Å²) < 4.78 is 11.1. The average Bonchev–Trinajstić information content (AvgIpc) is 3.22. The van der Waals surface area contributed by atoms with E-state index in [0.29, 0.717) is 37.7 Å². The Balaban J connectivity index is 1.32. The van der Waals surface area contributed by atoms with Crippen molar-refractivity contribution in [3.8, 4) is 11.4 Å². The molecule has 3 rings (SSSR count). The first kappa shape index (κ1) is 20.7. The summed E-state index contributed by atoms with van der Waals surface area (Å²) in [6.45, 7) is 5.24. The molecule has 29 heavy (non-hydrogen) atoms. The Kier molecular flexibility index (Phi) is 7.53. The first-order valence-corrected chi connectivity index (χ1v) is 9.94. The van der Waals surface area contributed by atoms with Crippen molar-refractivity contribution in [2.45, 2.75) is 39.2 Å². The van der Waals surface area contributed by atoms with E-state index in [4.69, 9.17) is 9.26 Å². The molecule has 0 saturated heterocycles. The smallest absolute Gasteiger partial charge is 0.227 e. The number of aromatic nitrogens is 2. The van der Waals surface area contributed by atoms with Crippen molar-refractivity contribution in [2.24, 2.45) is 0 Å². The zero-order valence-electron chi connectivity index (χ0n) is 16.9. The van der Waals surface area contributed by atoms with Gasteiger partial charge in [-0.25, -0.2) is 0 Å². The molecule has 0 aliphatic carbocycles. The van der Waals surface area contributed by atoms with Gasteiger partial charge in [0.05, 0.1) is 6.10 Å². The molecule has 2 aromatic carbocycles. The van der Waals surface area contributed by atoms with Crippen molar-refractivity contribution < 1.29 is 14.1 Å². The van der Waals surface area contributed by atoms with Gasteiger partial charge in [0.2, 0.25) is 17.6 Å². The number of aryl methyl sites for hydroxylation is 2. The van der Waals surface area contributed by atoms with Gasteiger partial charge in [0.15, 0.2) is 0 Å². The summed E-state index contributed by atoms with van der Waals surface area (Å²) in [6.07, 6.45) is 1.55. The first-order valence-electron chi connectivity index (χ1n) is 9.94. The number of benzene rings is 2. The van der Waals surface area contributed by atoms with Crippen LogP contribution in [0, 0.1) is 6.92 Å². The van der Waals surface area contributed by atoms with Gasteiger partial charge in [-0.05, 0) is 25.8 Å². The number of rotatable bonds is 10. The van der Waals surface area contributed by atoms with E-state index in [1.165, 1.54) is 5.56 Å². The Morgan fingerprint density at radius 3 is 2.66 bits per heavy atom. The quantitative estimate of drug-likeness (QED) is 0.521. The van der Waals surface area contributed by atoms with Crippen LogP contribution in [-0.2, 0) is 16.0 Å². The van der Waals surface area contributed by atoms with E-state index in [-0.39, 0.29) is 12.0 Å². The predicted octanol–water partition coefficient (Wildman–Crippen LogP) is 4.26. The van der Waals surface area contributed by atoms with Crippen LogP contribution in [-0.4, -0.2) is 29.2 Å². The van der Waals surface area contributed by atoms with Crippen LogP contribution in [0.4, 0.5) is 0 Å². The summed E-state index contributed by atoms with van der Waals surface area (Å²) in [5.74, 6) is 0.983. The molecular formula is C23H27N3O3. The van der Waals surface area contributed by atoms with Crippen molar-refractivity contribution in [3.63, 3.8) is 0 Å².